The van der Waals surface area contributed by atoms with E-state index in [1.54, 1.807) is 0 Å². The number of carbonyl (C=O) groups excluding carboxylic acids is 2. The molecule has 1 aliphatic carbocycles. The van der Waals surface area contributed by atoms with Gasteiger partial charge in [-0.1, -0.05) is 6.58 Å². The molecule has 1 saturated heterocycles. The van der Waals surface area contributed by atoms with Gasteiger partial charge in [-0.2, -0.15) is 0 Å². The molecule has 1 saturated carbocycles. The van der Waals surface area contributed by atoms with Crippen LogP contribution in [0.2, 0.25) is 0 Å². The predicted molar refractivity (Wildman–Crippen MR) is 51.9 cm³/mol. The maximum absolute atomic E-state index is 11.3. The van der Waals surface area contributed by atoms with E-state index in [-0.39, 0.29) is 30.1 Å². The molecule has 0 radical (unpaired) electrons. The van der Waals surface area contributed by atoms with Crippen LogP contribution in [0, 0.1) is 5.92 Å². The fraction of sp³-hybridized carbons (Fsp3) is 0.636. The maximum atomic E-state index is 11.3. The van der Waals surface area contributed by atoms with Crippen molar-refractivity contribution in [2.75, 3.05) is 0 Å². The van der Waals surface area contributed by atoms with Gasteiger partial charge in [0.25, 0.3) is 0 Å². The summed E-state index contributed by atoms with van der Waals surface area (Å²) in [5.41, 5.74) is 0.525. The van der Waals surface area contributed by atoms with Crippen LogP contribution in [0.4, 0.5) is 0 Å². The third kappa shape index (κ3) is 1.76. The average molecular weight is 210 g/mol. The average Bonchev–Trinajstić information content (AvgIpc) is 2.45. The van der Waals surface area contributed by atoms with Crippen molar-refractivity contribution in [3.05, 3.63) is 12.2 Å². The number of fused-ring (bicyclic) bond motifs is 1. The molecular weight excluding hydrogens is 196 g/mol. The highest BCUT2D eigenvalue weighted by atomic mass is 16.6. The summed E-state index contributed by atoms with van der Waals surface area (Å²) in [6.45, 7) is 5.09. The molecule has 0 N–H and O–H groups in total. The summed E-state index contributed by atoms with van der Waals surface area (Å²) in [4.78, 5) is 22.2. The SMILES string of the molecule is C=C1C(=O)OC2C(OC(C)=O)CCCC12. The molecule has 0 amide bonds. The van der Waals surface area contributed by atoms with E-state index in [1.807, 2.05) is 0 Å². The zero-order valence-electron chi connectivity index (χ0n) is 8.69. The Hall–Kier alpha value is -1.32. The fourth-order valence-electron chi connectivity index (χ4n) is 2.35. The molecule has 3 unspecified atom stereocenters. The smallest absolute Gasteiger partial charge is 0.334 e. The van der Waals surface area contributed by atoms with Gasteiger partial charge < -0.3 is 9.47 Å². The van der Waals surface area contributed by atoms with Crippen molar-refractivity contribution in [3.8, 4) is 0 Å². The molecule has 0 bridgehead atoms. The monoisotopic (exact) mass is 210 g/mol. The van der Waals surface area contributed by atoms with E-state index in [4.69, 9.17) is 9.47 Å². The Balaban J connectivity index is 2.12. The van der Waals surface area contributed by atoms with Crippen molar-refractivity contribution in [1.29, 1.82) is 0 Å². The van der Waals surface area contributed by atoms with E-state index in [2.05, 4.69) is 6.58 Å². The first-order valence-corrected chi connectivity index (χ1v) is 5.16. The van der Waals surface area contributed by atoms with Crippen molar-refractivity contribution < 1.29 is 19.1 Å². The minimum Gasteiger partial charge on any atom is -0.459 e. The molecule has 4 heteroatoms. The second-order valence-corrected chi connectivity index (χ2v) is 4.08. The highest BCUT2D eigenvalue weighted by molar-refractivity contribution is 5.91. The molecule has 2 fully saturated rings. The number of ether oxygens (including phenoxy) is 2. The van der Waals surface area contributed by atoms with E-state index in [1.165, 1.54) is 6.92 Å². The van der Waals surface area contributed by atoms with Gasteiger partial charge in [0, 0.05) is 18.4 Å². The zero-order valence-corrected chi connectivity index (χ0v) is 8.69. The topological polar surface area (TPSA) is 52.6 Å². The van der Waals surface area contributed by atoms with Crippen LogP contribution < -0.4 is 0 Å². The van der Waals surface area contributed by atoms with E-state index in [0.717, 1.165) is 19.3 Å². The number of hydrogen-bond donors (Lipinski definition) is 0. The molecule has 2 aliphatic rings. The fourth-order valence-corrected chi connectivity index (χ4v) is 2.35. The molecule has 4 nitrogen and oxygen atoms in total. The van der Waals surface area contributed by atoms with E-state index >= 15 is 0 Å². The van der Waals surface area contributed by atoms with Crippen LogP contribution in [-0.4, -0.2) is 24.1 Å². The van der Waals surface area contributed by atoms with Crippen LogP contribution in [0.5, 0.6) is 0 Å². The van der Waals surface area contributed by atoms with Gasteiger partial charge in [0.1, 0.15) is 12.2 Å². The highest BCUT2D eigenvalue weighted by Crippen LogP contribution is 2.38. The maximum Gasteiger partial charge on any atom is 0.334 e. The van der Waals surface area contributed by atoms with Gasteiger partial charge in [0.05, 0.1) is 0 Å². The lowest BCUT2D eigenvalue weighted by Crippen LogP contribution is -2.38. The minimum atomic E-state index is -0.343. The summed E-state index contributed by atoms with van der Waals surface area (Å²) >= 11 is 0. The van der Waals surface area contributed by atoms with Gasteiger partial charge >= 0.3 is 11.9 Å². The normalized spacial score (nSPS) is 34.6. The second kappa shape index (κ2) is 3.68. The molecule has 2 rings (SSSR count). The first kappa shape index (κ1) is 10.2. The summed E-state index contributed by atoms with van der Waals surface area (Å²) in [5.74, 6) is -0.631. The lowest BCUT2D eigenvalue weighted by atomic mass is 9.82. The van der Waals surface area contributed by atoms with Crippen molar-refractivity contribution in [2.45, 2.75) is 38.4 Å². The summed E-state index contributed by atoms with van der Waals surface area (Å²) in [6, 6.07) is 0. The second-order valence-electron chi connectivity index (χ2n) is 4.08. The Morgan fingerprint density at radius 2 is 2.27 bits per heavy atom. The van der Waals surface area contributed by atoms with Gasteiger partial charge in [0.15, 0.2) is 0 Å². The Bertz CT molecular complexity index is 321. The number of esters is 2. The van der Waals surface area contributed by atoms with Gasteiger partial charge in [-0.05, 0) is 19.3 Å². The van der Waals surface area contributed by atoms with Crippen LogP contribution in [0.25, 0.3) is 0 Å². The molecule has 0 aromatic heterocycles. The summed E-state index contributed by atoms with van der Waals surface area (Å²) in [5, 5.41) is 0. The Morgan fingerprint density at radius 1 is 1.53 bits per heavy atom. The number of rotatable bonds is 1. The number of carbonyl (C=O) groups is 2. The number of hydrogen-bond acceptors (Lipinski definition) is 4. The summed E-state index contributed by atoms with van der Waals surface area (Å²) in [6.07, 6.45) is 2.01. The molecule has 3 atom stereocenters. The molecule has 15 heavy (non-hydrogen) atoms. The van der Waals surface area contributed by atoms with Gasteiger partial charge in [0.2, 0.25) is 0 Å². The lowest BCUT2D eigenvalue weighted by molar-refractivity contribution is -0.163. The Labute approximate surface area is 88.2 Å². The summed E-state index contributed by atoms with van der Waals surface area (Å²) in [7, 11) is 0. The first-order chi connectivity index (χ1) is 7.09. The zero-order chi connectivity index (χ0) is 11.0. The molecule has 0 aromatic carbocycles. The van der Waals surface area contributed by atoms with E-state index in [9.17, 15) is 9.59 Å². The third-order valence-corrected chi connectivity index (χ3v) is 3.04. The van der Waals surface area contributed by atoms with Crippen LogP contribution in [0.15, 0.2) is 12.2 Å². The van der Waals surface area contributed by atoms with E-state index < -0.39 is 0 Å². The van der Waals surface area contributed by atoms with Crippen LogP contribution in [0.1, 0.15) is 26.2 Å². The quantitative estimate of drug-likeness (QED) is 0.482. The largest absolute Gasteiger partial charge is 0.459 e. The van der Waals surface area contributed by atoms with Crippen molar-refractivity contribution in [1.82, 2.24) is 0 Å². The van der Waals surface area contributed by atoms with Gasteiger partial charge in [-0.25, -0.2) is 4.79 Å². The Kier molecular flexibility index (Phi) is 2.50. The minimum absolute atomic E-state index is 0.0376. The van der Waals surface area contributed by atoms with Crippen molar-refractivity contribution in [2.24, 2.45) is 5.92 Å². The predicted octanol–water partition coefficient (Wildman–Crippen LogP) is 1.20. The van der Waals surface area contributed by atoms with E-state index in [0.29, 0.717) is 5.57 Å². The highest BCUT2D eigenvalue weighted by Gasteiger charge is 2.46. The van der Waals surface area contributed by atoms with Crippen LogP contribution in [-0.2, 0) is 19.1 Å². The first-order valence-electron chi connectivity index (χ1n) is 5.16. The van der Waals surface area contributed by atoms with Crippen molar-refractivity contribution in [3.63, 3.8) is 0 Å². The molecule has 0 aromatic rings. The molecule has 1 heterocycles. The van der Waals surface area contributed by atoms with Crippen LogP contribution in [0.3, 0.4) is 0 Å². The molecule has 0 spiro atoms. The lowest BCUT2D eigenvalue weighted by Gasteiger charge is -2.30. The van der Waals surface area contributed by atoms with Crippen LogP contribution >= 0.6 is 0 Å². The third-order valence-electron chi connectivity index (χ3n) is 3.04. The molecular formula is C11H14O4. The standard InChI is InChI=1S/C11H14O4/c1-6-8-4-3-5-9(14-7(2)12)10(8)15-11(6)13/h8-10H,1,3-5H2,2H3. The van der Waals surface area contributed by atoms with Gasteiger partial charge in [-0.15, -0.1) is 0 Å². The molecule has 1 aliphatic heterocycles. The molecule has 82 valence electrons. The van der Waals surface area contributed by atoms with Crippen molar-refractivity contribution >= 4 is 11.9 Å². The summed E-state index contributed by atoms with van der Waals surface area (Å²) < 4.78 is 10.3. The van der Waals surface area contributed by atoms with Gasteiger partial charge in [-0.3, -0.25) is 4.79 Å². The Morgan fingerprint density at radius 3 is 2.93 bits per heavy atom.